The summed E-state index contributed by atoms with van der Waals surface area (Å²) >= 11 is 0. The molecule has 2 heterocycles. The fraction of sp³-hybridized carbons (Fsp3) is 0.471. The summed E-state index contributed by atoms with van der Waals surface area (Å²) in [4.78, 5) is 20.7. The lowest BCUT2D eigenvalue weighted by Gasteiger charge is -2.37. The van der Waals surface area contributed by atoms with Crippen LogP contribution in [0.25, 0.3) is 0 Å². The summed E-state index contributed by atoms with van der Waals surface area (Å²) in [5.74, 6) is 0.546. The van der Waals surface area contributed by atoms with Crippen LogP contribution in [-0.4, -0.2) is 59.2 Å². The first-order chi connectivity index (χ1) is 12.1. The van der Waals surface area contributed by atoms with Crippen molar-refractivity contribution >= 4 is 5.97 Å². The van der Waals surface area contributed by atoms with E-state index in [1.54, 1.807) is 19.1 Å². The van der Waals surface area contributed by atoms with Gasteiger partial charge in [-0.3, -0.25) is 9.80 Å². The SMILES string of the molecule is COC(=O)[C@H](c1ccc(F)cc1)N1CCN(Cc2nc(C)no2)CC1. The Morgan fingerprint density at radius 2 is 1.96 bits per heavy atom. The van der Waals surface area contributed by atoms with Crippen LogP contribution in [-0.2, 0) is 16.1 Å². The van der Waals surface area contributed by atoms with Crippen molar-refractivity contribution in [3.05, 3.63) is 47.4 Å². The molecule has 1 aromatic carbocycles. The summed E-state index contributed by atoms with van der Waals surface area (Å²) in [6, 6.07) is 5.45. The zero-order chi connectivity index (χ0) is 17.8. The normalized spacial score (nSPS) is 17.4. The van der Waals surface area contributed by atoms with Gasteiger partial charge in [0.15, 0.2) is 5.82 Å². The van der Waals surface area contributed by atoms with Gasteiger partial charge in [0.2, 0.25) is 5.89 Å². The second-order valence-electron chi connectivity index (χ2n) is 6.02. The molecule has 134 valence electrons. The summed E-state index contributed by atoms with van der Waals surface area (Å²) < 4.78 is 23.3. The number of carbonyl (C=O) groups is 1. The summed E-state index contributed by atoms with van der Waals surface area (Å²) in [5.41, 5.74) is 0.731. The lowest BCUT2D eigenvalue weighted by Crippen LogP contribution is -2.49. The minimum atomic E-state index is -0.529. The average Bonchev–Trinajstić information content (AvgIpc) is 3.03. The third-order valence-electron chi connectivity index (χ3n) is 4.31. The average molecular weight is 348 g/mol. The Balaban J connectivity index is 1.65. The number of hydrogen-bond donors (Lipinski definition) is 0. The number of benzene rings is 1. The van der Waals surface area contributed by atoms with Crippen molar-refractivity contribution in [1.82, 2.24) is 19.9 Å². The highest BCUT2D eigenvalue weighted by atomic mass is 19.1. The second-order valence-corrected chi connectivity index (χ2v) is 6.02. The molecule has 8 heteroatoms. The lowest BCUT2D eigenvalue weighted by molar-refractivity contribution is -0.148. The monoisotopic (exact) mass is 348 g/mol. The van der Waals surface area contributed by atoms with Gasteiger partial charge in [0.1, 0.15) is 11.9 Å². The van der Waals surface area contributed by atoms with E-state index < -0.39 is 6.04 Å². The minimum absolute atomic E-state index is 0.327. The van der Waals surface area contributed by atoms with Crippen LogP contribution >= 0.6 is 0 Å². The molecule has 1 aliphatic heterocycles. The standard InChI is InChI=1S/C17H21FN4O3/c1-12-19-15(25-20-12)11-21-7-9-22(10-8-21)16(17(23)24-2)13-3-5-14(18)6-4-13/h3-6,16H,7-11H2,1-2H3/t16-/m0/s1. The number of rotatable bonds is 5. The van der Waals surface area contributed by atoms with Crippen LogP contribution in [0.2, 0.25) is 0 Å². The first kappa shape index (κ1) is 17.5. The van der Waals surface area contributed by atoms with E-state index in [1.807, 2.05) is 0 Å². The molecule has 0 bridgehead atoms. The number of halogens is 1. The Kier molecular flexibility index (Phi) is 5.40. The van der Waals surface area contributed by atoms with Crippen LogP contribution in [0, 0.1) is 12.7 Å². The van der Waals surface area contributed by atoms with Gasteiger partial charge in [0.25, 0.3) is 0 Å². The molecule has 25 heavy (non-hydrogen) atoms. The highest BCUT2D eigenvalue weighted by Gasteiger charge is 2.31. The Bertz CT molecular complexity index is 711. The van der Waals surface area contributed by atoms with Gasteiger partial charge in [-0.25, -0.2) is 9.18 Å². The molecule has 7 nitrogen and oxygen atoms in total. The minimum Gasteiger partial charge on any atom is -0.468 e. The fourth-order valence-electron chi connectivity index (χ4n) is 3.03. The number of nitrogens with zero attached hydrogens (tertiary/aromatic N) is 4. The smallest absolute Gasteiger partial charge is 0.327 e. The van der Waals surface area contributed by atoms with Gasteiger partial charge >= 0.3 is 5.97 Å². The molecule has 0 aliphatic carbocycles. The van der Waals surface area contributed by atoms with E-state index in [4.69, 9.17) is 9.26 Å². The molecule has 0 amide bonds. The number of carbonyl (C=O) groups excluding carboxylic acids is 1. The van der Waals surface area contributed by atoms with Gasteiger partial charge < -0.3 is 9.26 Å². The van der Waals surface area contributed by atoms with Crippen LogP contribution in [0.4, 0.5) is 4.39 Å². The lowest BCUT2D eigenvalue weighted by atomic mass is 10.0. The number of aryl methyl sites for hydroxylation is 1. The van der Waals surface area contributed by atoms with E-state index in [0.29, 0.717) is 31.3 Å². The zero-order valence-corrected chi connectivity index (χ0v) is 14.3. The largest absolute Gasteiger partial charge is 0.468 e. The molecule has 1 aromatic heterocycles. The van der Waals surface area contributed by atoms with E-state index in [2.05, 4.69) is 19.9 Å². The van der Waals surface area contributed by atoms with Crippen LogP contribution in [0.3, 0.4) is 0 Å². The molecule has 1 atom stereocenters. The molecule has 0 radical (unpaired) electrons. The highest BCUT2D eigenvalue weighted by molar-refractivity contribution is 5.77. The Morgan fingerprint density at radius 1 is 1.28 bits per heavy atom. The third-order valence-corrected chi connectivity index (χ3v) is 4.31. The van der Waals surface area contributed by atoms with E-state index >= 15 is 0 Å². The van der Waals surface area contributed by atoms with Crippen LogP contribution in [0.5, 0.6) is 0 Å². The summed E-state index contributed by atoms with van der Waals surface area (Å²) in [6.07, 6.45) is 0. The van der Waals surface area contributed by atoms with E-state index in [1.165, 1.54) is 19.2 Å². The number of aromatic nitrogens is 2. The quantitative estimate of drug-likeness (QED) is 0.759. The number of esters is 1. The number of ether oxygens (including phenoxy) is 1. The van der Waals surface area contributed by atoms with Crippen molar-refractivity contribution in [3.63, 3.8) is 0 Å². The molecule has 0 spiro atoms. The molecule has 3 rings (SSSR count). The van der Waals surface area contributed by atoms with Crippen molar-refractivity contribution in [2.45, 2.75) is 19.5 Å². The number of piperazine rings is 1. The van der Waals surface area contributed by atoms with Crippen molar-refractivity contribution in [1.29, 1.82) is 0 Å². The second kappa shape index (κ2) is 7.71. The molecule has 0 unspecified atom stereocenters. The summed E-state index contributed by atoms with van der Waals surface area (Å²) in [6.45, 7) is 5.27. The highest BCUT2D eigenvalue weighted by Crippen LogP contribution is 2.24. The van der Waals surface area contributed by atoms with Crippen molar-refractivity contribution in [3.8, 4) is 0 Å². The predicted molar refractivity (Wildman–Crippen MR) is 87.0 cm³/mol. The number of methoxy groups -OCH3 is 1. The van der Waals surface area contributed by atoms with Gasteiger partial charge in [-0.1, -0.05) is 17.3 Å². The molecule has 1 fully saturated rings. The van der Waals surface area contributed by atoms with Gasteiger partial charge in [0, 0.05) is 26.2 Å². The zero-order valence-electron chi connectivity index (χ0n) is 14.3. The van der Waals surface area contributed by atoms with Crippen LogP contribution in [0.15, 0.2) is 28.8 Å². The topological polar surface area (TPSA) is 71.7 Å². The first-order valence-electron chi connectivity index (χ1n) is 8.15. The van der Waals surface area contributed by atoms with Crippen molar-refractivity contribution in [2.75, 3.05) is 33.3 Å². The third kappa shape index (κ3) is 4.21. The molecular formula is C17H21FN4O3. The predicted octanol–water partition coefficient (Wildman–Crippen LogP) is 1.55. The van der Waals surface area contributed by atoms with E-state index in [-0.39, 0.29) is 11.8 Å². The maximum atomic E-state index is 13.2. The summed E-state index contributed by atoms with van der Waals surface area (Å²) in [5, 5.41) is 3.79. The molecule has 1 aliphatic rings. The molecule has 0 N–H and O–H groups in total. The number of hydrogen-bond acceptors (Lipinski definition) is 7. The molecule has 1 saturated heterocycles. The van der Waals surface area contributed by atoms with Crippen LogP contribution < -0.4 is 0 Å². The Morgan fingerprint density at radius 3 is 2.52 bits per heavy atom. The molecule has 2 aromatic rings. The Hall–Kier alpha value is -2.32. The van der Waals surface area contributed by atoms with E-state index in [9.17, 15) is 9.18 Å². The van der Waals surface area contributed by atoms with Gasteiger partial charge in [-0.05, 0) is 24.6 Å². The van der Waals surface area contributed by atoms with Crippen molar-refractivity contribution in [2.24, 2.45) is 0 Å². The van der Waals surface area contributed by atoms with Gasteiger partial charge in [0.05, 0.1) is 13.7 Å². The molecule has 0 saturated carbocycles. The Labute approximate surface area is 145 Å². The van der Waals surface area contributed by atoms with Gasteiger partial charge in [-0.2, -0.15) is 4.98 Å². The molecular weight excluding hydrogens is 327 g/mol. The maximum Gasteiger partial charge on any atom is 0.327 e. The van der Waals surface area contributed by atoms with Crippen LogP contribution in [0.1, 0.15) is 23.3 Å². The summed E-state index contributed by atoms with van der Waals surface area (Å²) in [7, 11) is 1.37. The maximum absolute atomic E-state index is 13.2. The fourth-order valence-corrected chi connectivity index (χ4v) is 3.03. The van der Waals surface area contributed by atoms with Gasteiger partial charge in [-0.15, -0.1) is 0 Å². The first-order valence-corrected chi connectivity index (χ1v) is 8.15. The van der Waals surface area contributed by atoms with Crippen molar-refractivity contribution < 1.29 is 18.4 Å². The van der Waals surface area contributed by atoms with E-state index in [0.717, 1.165) is 18.7 Å².